The number of carbonyl (C=O) groups is 2. The number of hydrogen-bond donors (Lipinski definition) is 1. The number of carbonyl (C=O) groups excluding carboxylic acids is 2. The number of rotatable bonds is 3. The van der Waals surface area contributed by atoms with Crippen molar-refractivity contribution in [2.45, 2.75) is 6.92 Å². The van der Waals surface area contributed by atoms with Crippen LogP contribution in [0, 0.1) is 0 Å². The van der Waals surface area contributed by atoms with E-state index in [0.29, 0.717) is 0 Å². The zero-order chi connectivity index (χ0) is 10.6. The van der Waals surface area contributed by atoms with Gasteiger partial charge in [0.15, 0.2) is 0 Å². The third kappa shape index (κ3) is 3.25. The number of likely N-dealkylation sites (N-methyl/N-ethyl adjacent to an activating group) is 1. The number of hydrogen-bond acceptors (Lipinski definition) is 4. The van der Waals surface area contributed by atoms with Gasteiger partial charge in [-0.1, -0.05) is 6.92 Å². The van der Waals surface area contributed by atoms with Gasteiger partial charge in [0.1, 0.15) is 0 Å². The fraction of sp³-hybridized carbons (Fsp3) is 0.750. The molecule has 0 atom stereocenters. The Morgan fingerprint density at radius 1 is 1.29 bits per heavy atom. The van der Waals surface area contributed by atoms with Crippen LogP contribution >= 0.6 is 11.6 Å². The first-order chi connectivity index (χ1) is 6.63. The van der Waals surface area contributed by atoms with Crippen LogP contribution in [0.25, 0.3) is 0 Å². The maximum Gasteiger partial charge on any atom is 0.318 e. The lowest BCUT2D eigenvalue weighted by Crippen LogP contribution is -2.54. The van der Waals surface area contributed by atoms with Gasteiger partial charge in [0.25, 0.3) is 0 Å². The van der Waals surface area contributed by atoms with E-state index in [1.807, 2.05) is 0 Å². The smallest absolute Gasteiger partial charge is 0.301 e. The maximum atomic E-state index is 10.9. The number of hydrazine groups is 1. The van der Waals surface area contributed by atoms with Gasteiger partial charge in [-0.15, -0.1) is 0 Å². The highest BCUT2D eigenvalue weighted by molar-refractivity contribution is 6.80. The van der Waals surface area contributed by atoms with Crippen molar-refractivity contribution in [2.75, 3.05) is 32.7 Å². The minimum absolute atomic E-state index is 0.726. The summed E-state index contributed by atoms with van der Waals surface area (Å²) in [6.45, 7) is 6.35. The Morgan fingerprint density at radius 2 is 1.86 bits per heavy atom. The first kappa shape index (κ1) is 11.4. The molecule has 0 radical (unpaired) electrons. The molecule has 0 unspecified atom stereocenters. The number of nitrogens with zero attached hydrogens (tertiary/aromatic N) is 2. The van der Waals surface area contributed by atoms with Crippen molar-refractivity contribution >= 4 is 22.8 Å². The summed E-state index contributed by atoms with van der Waals surface area (Å²) in [5.74, 6) is -0.753. The summed E-state index contributed by atoms with van der Waals surface area (Å²) in [4.78, 5) is 23.6. The monoisotopic (exact) mass is 219 g/mol. The summed E-state index contributed by atoms with van der Waals surface area (Å²) in [5, 5.41) is 0.748. The molecule has 0 aliphatic carbocycles. The Hall–Kier alpha value is -0.650. The van der Waals surface area contributed by atoms with Gasteiger partial charge in [0.05, 0.1) is 0 Å². The SMILES string of the molecule is CCN1CCN(NC(=O)C(=O)Cl)CC1. The first-order valence-corrected chi connectivity index (χ1v) is 4.99. The topological polar surface area (TPSA) is 52.6 Å². The van der Waals surface area contributed by atoms with Crippen LogP contribution in [-0.2, 0) is 9.59 Å². The van der Waals surface area contributed by atoms with Crippen LogP contribution in [0.2, 0.25) is 0 Å². The van der Waals surface area contributed by atoms with Gasteiger partial charge in [-0.05, 0) is 18.1 Å². The molecule has 0 aromatic heterocycles. The quantitative estimate of drug-likeness (QED) is 0.510. The van der Waals surface area contributed by atoms with E-state index in [2.05, 4.69) is 17.2 Å². The fourth-order valence-electron chi connectivity index (χ4n) is 1.36. The summed E-state index contributed by atoms with van der Waals surface area (Å²) < 4.78 is 0. The lowest BCUT2D eigenvalue weighted by molar-refractivity contribution is -0.137. The third-order valence-electron chi connectivity index (χ3n) is 2.26. The average Bonchev–Trinajstić information content (AvgIpc) is 2.19. The molecule has 0 spiro atoms. The van der Waals surface area contributed by atoms with E-state index in [1.165, 1.54) is 0 Å². The summed E-state index contributed by atoms with van der Waals surface area (Å²) in [6.07, 6.45) is 0. The van der Waals surface area contributed by atoms with Crippen LogP contribution < -0.4 is 5.43 Å². The molecule has 1 aliphatic heterocycles. The molecule has 0 bridgehead atoms. The molecule has 0 saturated carbocycles. The number of piperazine rings is 1. The molecule has 0 aromatic rings. The van der Waals surface area contributed by atoms with E-state index in [1.54, 1.807) is 5.01 Å². The van der Waals surface area contributed by atoms with E-state index in [4.69, 9.17) is 11.6 Å². The molecule has 1 aliphatic rings. The minimum atomic E-state index is -0.970. The summed E-state index contributed by atoms with van der Waals surface area (Å²) in [7, 11) is 0. The standard InChI is InChI=1S/C8H14ClN3O2/c1-2-11-3-5-12(6-4-11)10-8(14)7(9)13/h2-6H2,1H3,(H,10,14). The van der Waals surface area contributed by atoms with E-state index in [-0.39, 0.29) is 0 Å². The van der Waals surface area contributed by atoms with Crippen LogP contribution in [0.15, 0.2) is 0 Å². The fourth-order valence-corrected chi connectivity index (χ4v) is 1.41. The Balaban J connectivity index is 2.29. The van der Waals surface area contributed by atoms with Crippen molar-refractivity contribution < 1.29 is 9.59 Å². The molecule has 80 valence electrons. The van der Waals surface area contributed by atoms with Crippen LogP contribution in [0.3, 0.4) is 0 Å². The first-order valence-electron chi connectivity index (χ1n) is 4.61. The lowest BCUT2D eigenvalue weighted by Gasteiger charge is -2.33. The third-order valence-corrected chi connectivity index (χ3v) is 2.43. The van der Waals surface area contributed by atoms with Crippen LogP contribution in [0.1, 0.15) is 6.92 Å². The predicted octanol–water partition coefficient (Wildman–Crippen LogP) is -0.579. The highest BCUT2D eigenvalue weighted by atomic mass is 35.5. The van der Waals surface area contributed by atoms with E-state index >= 15 is 0 Å². The molecule has 5 nitrogen and oxygen atoms in total. The predicted molar refractivity (Wildman–Crippen MR) is 52.7 cm³/mol. The molecule has 1 N–H and O–H groups in total. The minimum Gasteiger partial charge on any atom is -0.301 e. The Kier molecular flexibility index (Phi) is 4.31. The van der Waals surface area contributed by atoms with E-state index in [9.17, 15) is 9.59 Å². The van der Waals surface area contributed by atoms with Gasteiger partial charge in [0, 0.05) is 26.2 Å². The summed E-state index contributed by atoms with van der Waals surface area (Å²) >= 11 is 5.02. The van der Waals surface area contributed by atoms with Crippen LogP contribution in [-0.4, -0.2) is 53.8 Å². The normalized spacial score (nSPS) is 19.3. The molecule has 14 heavy (non-hydrogen) atoms. The number of halogens is 1. The highest BCUT2D eigenvalue weighted by Gasteiger charge is 2.19. The van der Waals surface area contributed by atoms with Crippen LogP contribution in [0.5, 0.6) is 0 Å². The zero-order valence-electron chi connectivity index (χ0n) is 8.12. The zero-order valence-corrected chi connectivity index (χ0v) is 8.88. The van der Waals surface area contributed by atoms with Gasteiger partial charge in [-0.25, -0.2) is 5.01 Å². The van der Waals surface area contributed by atoms with Gasteiger partial charge in [0.2, 0.25) is 0 Å². The highest BCUT2D eigenvalue weighted by Crippen LogP contribution is 1.98. The molecule has 1 saturated heterocycles. The van der Waals surface area contributed by atoms with Crippen LogP contribution in [0.4, 0.5) is 0 Å². The van der Waals surface area contributed by atoms with Gasteiger partial charge in [-0.3, -0.25) is 15.0 Å². The molecular formula is C8H14ClN3O2. The van der Waals surface area contributed by atoms with Gasteiger partial charge >= 0.3 is 11.1 Å². The van der Waals surface area contributed by atoms with Gasteiger partial charge < -0.3 is 4.90 Å². The summed E-state index contributed by atoms with van der Waals surface area (Å²) in [6, 6.07) is 0. The second kappa shape index (κ2) is 5.29. The summed E-state index contributed by atoms with van der Waals surface area (Å²) in [5.41, 5.74) is 2.45. The largest absolute Gasteiger partial charge is 0.318 e. The molecule has 1 fully saturated rings. The molecular weight excluding hydrogens is 206 g/mol. The molecule has 1 heterocycles. The number of amides is 1. The van der Waals surface area contributed by atoms with Crippen molar-refractivity contribution in [2.24, 2.45) is 0 Å². The Bertz CT molecular complexity index is 227. The Labute approximate surface area is 88.0 Å². The van der Waals surface area contributed by atoms with Crippen molar-refractivity contribution in [1.82, 2.24) is 15.3 Å². The molecule has 1 rings (SSSR count). The Morgan fingerprint density at radius 3 is 2.29 bits per heavy atom. The average molecular weight is 220 g/mol. The molecule has 0 aromatic carbocycles. The second-order valence-corrected chi connectivity index (χ2v) is 3.48. The number of nitrogens with one attached hydrogen (secondary N) is 1. The van der Waals surface area contributed by atoms with Crippen molar-refractivity contribution in [3.05, 3.63) is 0 Å². The second-order valence-electron chi connectivity index (χ2n) is 3.14. The van der Waals surface area contributed by atoms with Crippen molar-refractivity contribution in [3.63, 3.8) is 0 Å². The van der Waals surface area contributed by atoms with Crippen molar-refractivity contribution in [1.29, 1.82) is 0 Å². The van der Waals surface area contributed by atoms with E-state index < -0.39 is 11.1 Å². The van der Waals surface area contributed by atoms with Crippen molar-refractivity contribution in [3.8, 4) is 0 Å². The molecule has 1 amide bonds. The molecule has 6 heteroatoms. The maximum absolute atomic E-state index is 10.9. The lowest BCUT2D eigenvalue weighted by atomic mass is 10.3. The van der Waals surface area contributed by atoms with E-state index in [0.717, 1.165) is 32.7 Å². The van der Waals surface area contributed by atoms with Gasteiger partial charge in [-0.2, -0.15) is 0 Å².